The van der Waals surface area contributed by atoms with Crippen LogP contribution in [0.3, 0.4) is 0 Å². The van der Waals surface area contributed by atoms with E-state index in [0.717, 1.165) is 58.7 Å². The molecule has 0 aliphatic heterocycles. The second kappa shape index (κ2) is 10.3. The number of hydrogen-bond donors (Lipinski definition) is 2. The van der Waals surface area contributed by atoms with E-state index in [1.807, 2.05) is 24.3 Å². The Morgan fingerprint density at radius 2 is 1.73 bits per heavy atom. The summed E-state index contributed by atoms with van der Waals surface area (Å²) in [5.41, 5.74) is 4.76. The molecule has 2 heterocycles. The van der Waals surface area contributed by atoms with E-state index in [9.17, 15) is 27.1 Å². The first-order valence-electron chi connectivity index (χ1n) is 12.6. The number of rotatable bonds is 8. The number of thiazole rings is 1. The van der Waals surface area contributed by atoms with Gasteiger partial charge in [0, 0.05) is 28.8 Å². The summed E-state index contributed by atoms with van der Waals surface area (Å²) in [7, 11) is -4.23. The molecule has 0 radical (unpaired) electrons. The number of carboxylic acid groups (broad SMARTS) is 1. The first-order valence-corrected chi connectivity index (χ1v) is 15.0. The third kappa shape index (κ3) is 5.41. The zero-order valence-corrected chi connectivity index (χ0v) is 22.9. The third-order valence-corrected chi connectivity index (χ3v) is 8.62. The number of benzene rings is 3. The summed E-state index contributed by atoms with van der Waals surface area (Å²) in [5.74, 6) is -2.34. The van der Waals surface area contributed by atoms with Crippen LogP contribution in [0.4, 0.5) is 8.78 Å². The van der Waals surface area contributed by atoms with Crippen LogP contribution in [0.2, 0.25) is 0 Å². The molecule has 208 valence electrons. The van der Waals surface area contributed by atoms with Crippen molar-refractivity contribution < 1.29 is 27.1 Å². The molecule has 5 aromatic rings. The van der Waals surface area contributed by atoms with E-state index in [-0.39, 0.29) is 23.8 Å². The molecule has 41 heavy (non-hydrogen) atoms. The molecule has 2 aromatic heterocycles. The van der Waals surface area contributed by atoms with Gasteiger partial charge in [-0.05, 0) is 59.9 Å². The molecule has 1 aliphatic rings. The van der Waals surface area contributed by atoms with Crippen LogP contribution in [0.1, 0.15) is 46.1 Å². The van der Waals surface area contributed by atoms with Crippen LogP contribution in [0.25, 0.3) is 27.5 Å². The highest BCUT2D eigenvalue weighted by molar-refractivity contribution is 7.89. The number of primary sulfonamides is 1. The van der Waals surface area contributed by atoms with Crippen LogP contribution < -0.4 is 5.14 Å². The van der Waals surface area contributed by atoms with Gasteiger partial charge in [-0.1, -0.05) is 36.4 Å². The number of hydrogen-bond acceptors (Lipinski definition) is 6. The van der Waals surface area contributed by atoms with E-state index in [1.165, 1.54) is 23.6 Å². The highest BCUT2D eigenvalue weighted by Gasteiger charge is 2.34. The number of aromatic carboxylic acids is 1. The number of sulfonamides is 1. The first kappa shape index (κ1) is 26.9. The second-order valence-corrected chi connectivity index (χ2v) is 12.2. The lowest BCUT2D eigenvalue weighted by Crippen LogP contribution is -2.14. The fraction of sp³-hybridized carbons (Fsp3) is 0.138. The lowest BCUT2D eigenvalue weighted by Gasteiger charge is -2.10. The van der Waals surface area contributed by atoms with Crippen LogP contribution in [-0.2, 0) is 16.4 Å². The first-order chi connectivity index (χ1) is 19.6. The van der Waals surface area contributed by atoms with Crippen LogP contribution in [0.15, 0.2) is 77.0 Å². The molecule has 0 atom stereocenters. The monoisotopic (exact) mass is 592 g/mol. The molecule has 1 aliphatic carbocycles. The Kier molecular flexibility index (Phi) is 6.76. The van der Waals surface area contributed by atoms with Crippen molar-refractivity contribution in [3.63, 3.8) is 0 Å². The molecule has 0 amide bonds. The SMILES string of the molecule is NS(=O)(=O)c1ccc(Cc2c(-c3cccc(-c4cccc(F)c4)c3)nn(-c3nc(C(=O)O)cs3)c2C2CC2)cc1F. The molecular weight excluding hydrogens is 570 g/mol. The van der Waals surface area contributed by atoms with Crippen LogP contribution in [0, 0.1) is 11.6 Å². The molecule has 3 N–H and O–H groups in total. The van der Waals surface area contributed by atoms with Crippen molar-refractivity contribution in [1.82, 2.24) is 14.8 Å². The van der Waals surface area contributed by atoms with E-state index < -0.39 is 26.7 Å². The second-order valence-electron chi connectivity index (χ2n) is 9.80. The molecule has 8 nitrogen and oxygen atoms in total. The molecule has 3 aromatic carbocycles. The maximum atomic E-state index is 14.8. The highest BCUT2D eigenvalue weighted by Crippen LogP contribution is 2.46. The Bertz CT molecular complexity index is 1930. The van der Waals surface area contributed by atoms with Gasteiger partial charge >= 0.3 is 5.97 Å². The van der Waals surface area contributed by atoms with Crippen molar-refractivity contribution in [1.29, 1.82) is 0 Å². The van der Waals surface area contributed by atoms with Crippen molar-refractivity contribution in [2.24, 2.45) is 5.14 Å². The van der Waals surface area contributed by atoms with Crippen molar-refractivity contribution in [2.45, 2.75) is 30.1 Å². The average molecular weight is 593 g/mol. The third-order valence-electron chi connectivity index (χ3n) is 6.86. The molecule has 0 saturated heterocycles. The minimum atomic E-state index is -4.23. The zero-order valence-electron chi connectivity index (χ0n) is 21.3. The van der Waals surface area contributed by atoms with Crippen molar-refractivity contribution in [3.05, 3.63) is 106 Å². The molecule has 0 spiro atoms. The van der Waals surface area contributed by atoms with Crippen molar-refractivity contribution >= 4 is 27.3 Å². The summed E-state index contributed by atoms with van der Waals surface area (Å²) >= 11 is 1.15. The number of carboxylic acids is 1. The van der Waals surface area contributed by atoms with E-state index in [4.69, 9.17) is 10.2 Å². The smallest absolute Gasteiger partial charge is 0.355 e. The molecule has 1 saturated carbocycles. The predicted octanol–water partition coefficient (Wildman–Crippen LogP) is 5.75. The standard InChI is InChI=1S/C29H22F2N4O4S2/c30-21-6-2-4-19(14-21)18-3-1-5-20(13-18)26-22(11-16-7-10-25(23(31)12-16)41(32,38)39)27(17-8-9-17)35(34-26)29-33-24(15-40-29)28(36)37/h1-7,10,12-15,17H,8-9,11H2,(H,36,37)(H2,32,38,39). The maximum Gasteiger partial charge on any atom is 0.355 e. The predicted molar refractivity (Wildman–Crippen MR) is 150 cm³/mol. The topological polar surface area (TPSA) is 128 Å². The van der Waals surface area contributed by atoms with Crippen LogP contribution in [0.5, 0.6) is 0 Å². The highest BCUT2D eigenvalue weighted by atomic mass is 32.2. The van der Waals surface area contributed by atoms with Gasteiger partial charge in [0.2, 0.25) is 15.2 Å². The van der Waals surface area contributed by atoms with Crippen molar-refractivity contribution in [3.8, 4) is 27.5 Å². The van der Waals surface area contributed by atoms with E-state index in [1.54, 1.807) is 16.8 Å². The molecule has 1 fully saturated rings. The van der Waals surface area contributed by atoms with E-state index >= 15 is 0 Å². The van der Waals surface area contributed by atoms with Gasteiger partial charge in [-0.2, -0.15) is 5.10 Å². The number of halogens is 2. The Morgan fingerprint density at radius 3 is 2.37 bits per heavy atom. The van der Waals surface area contributed by atoms with Gasteiger partial charge in [0.1, 0.15) is 16.5 Å². The fourth-order valence-electron chi connectivity index (χ4n) is 4.85. The fourth-order valence-corrected chi connectivity index (χ4v) is 6.20. The minimum Gasteiger partial charge on any atom is -0.476 e. The van der Waals surface area contributed by atoms with Gasteiger partial charge in [-0.15, -0.1) is 11.3 Å². The summed E-state index contributed by atoms with van der Waals surface area (Å²) in [6.07, 6.45) is 1.99. The average Bonchev–Trinajstić information content (AvgIpc) is 3.51. The summed E-state index contributed by atoms with van der Waals surface area (Å²) in [5, 5.41) is 21.3. The molecular formula is C29H22F2N4O4S2. The van der Waals surface area contributed by atoms with Gasteiger partial charge in [0.15, 0.2) is 5.69 Å². The Labute approximate surface area is 237 Å². The van der Waals surface area contributed by atoms with Crippen LogP contribution >= 0.6 is 11.3 Å². The summed E-state index contributed by atoms with van der Waals surface area (Å²) < 4.78 is 53.9. The number of aromatic nitrogens is 3. The summed E-state index contributed by atoms with van der Waals surface area (Å²) in [6, 6.07) is 17.5. The lowest BCUT2D eigenvalue weighted by molar-refractivity contribution is 0.0691. The van der Waals surface area contributed by atoms with Gasteiger partial charge in [-0.25, -0.2) is 36.8 Å². The molecule has 0 unspecified atom stereocenters. The minimum absolute atomic E-state index is 0.0981. The maximum absolute atomic E-state index is 14.8. The zero-order chi connectivity index (χ0) is 28.9. The Morgan fingerprint density at radius 1 is 1.02 bits per heavy atom. The largest absolute Gasteiger partial charge is 0.476 e. The van der Waals surface area contributed by atoms with E-state index in [0.29, 0.717) is 22.0 Å². The van der Waals surface area contributed by atoms with Gasteiger partial charge in [-0.3, -0.25) is 0 Å². The quantitative estimate of drug-likeness (QED) is 0.236. The molecule has 6 rings (SSSR count). The van der Waals surface area contributed by atoms with Gasteiger partial charge < -0.3 is 5.11 Å². The summed E-state index contributed by atoms with van der Waals surface area (Å²) in [4.78, 5) is 15.2. The molecule has 12 heteroatoms. The molecule has 0 bridgehead atoms. The lowest BCUT2D eigenvalue weighted by atomic mass is 9.95. The van der Waals surface area contributed by atoms with E-state index in [2.05, 4.69) is 4.98 Å². The van der Waals surface area contributed by atoms with Gasteiger partial charge in [0.05, 0.1) is 11.4 Å². The van der Waals surface area contributed by atoms with Crippen LogP contribution in [-0.4, -0.2) is 34.3 Å². The normalized spacial score (nSPS) is 13.4. The number of nitrogens with two attached hydrogens (primary N) is 1. The Hall–Kier alpha value is -4.26. The summed E-state index contributed by atoms with van der Waals surface area (Å²) in [6.45, 7) is 0. The number of nitrogens with zero attached hydrogens (tertiary/aromatic N) is 3. The number of carbonyl (C=O) groups is 1. The Balaban J connectivity index is 1.53. The van der Waals surface area contributed by atoms with Gasteiger partial charge in [0.25, 0.3) is 0 Å². The van der Waals surface area contributed by atoms with Crippen molar-refractivity contribution in [2.75, 3.05) is 0 Å².